The van der Waals surface area contributed by atoms with Crippen molar-refractivity contribution in [3.05, 3.63) is 40.7 Å². The number of benzene rings is 1. The van der Waals surface area contributed by atoms with Gasteiger partial charge < -0.3 is 10.6 Å². The Balaban J connectivity index is 1.95. The molecule has 0 aliphatic carbocycles. The zero-order chi connectivity index (χ0) is 14.7. The van der Waals surface area contributed by atoms with E-state index in [4.69, 9.17) is 0 Å². The molecule has 1 aromatic heterocycles. The minimum atomic E-state index is -0.358. The lowest BCUT2D eigenvalue weighted by Gasteiger charge is -2.18. The first-order chi connectivity index (χ1) is 10.3. The minimum absolute atomic E-state index is 0.103. The summed E-state index contributed by atoms with van der Waals surface area (Å²) in [5.41, 5.74) is 1.05. The van der Waals surface area contributed by atoms with Crippen molar-refractivity contribution in [3.8, 4) is 0 Å². The molecule has 6 heteroatoms. The Morgan fingerprint density at radius 1 is 1.24 bits per heavy atom. The molecule has 0 radical (unpaired) electrons. The average Bonchev–Trinajstić information content (AvgIpc) is 2.76. The first-order valence-electron chi connectivity index (χ1n) is 7.24. The highest BCUT2D eigenvalue weighted by Crippen LogP contribution is 2.31. The van der Waals surface area contributed by atoms with E-state index in [0.717, 1.165) is 43.4 Å². The van der Waals surface area contributed by atoms with Crippen LogP contribution in [-0.2, 0) is 0 Å². The second-order valence-electron chi connectivity index (χ2n) is 5.33. The van der Waals surface area contributed by atoms with Crippen LogP contribution < -0.4 is 10.6 Å². The highest BCUT2D eigenvalue weighted by atomic mass is 16.6. The normalized spacial score (nSPS) is 19.1. The van der Waals surface area contributed by atoms with E-state index in [-0.39, 0.29) is 10.6 Å². The summed E-state index contributed by atoms with van der Waals surface area (Å²) >= 11 is 0. The molecule has 1 unspecified atom stereocenters. The van der Waals surface area contributed by atoms with Crippen LogP contribution in [0.5, 0.6) is 0 Å². The number of pyridine rings is 1. The monoisotopic (exact) mass is 286 g/mol. The number of nitro benzene ring substituents is 1. The van der Waals surface area contributed by atoms with Crippen LogP contribution in [0.2, 0.25) is 0 Å². The molecular weight excluding hydrogens is 268 g/mol. The van der Waals surface area contributed by atoms with Gasteiger partial charge in [-0.1, -0.05) is 0 Å². The van der Waals surface area contributed by atoms with Gasteiger partial charge in [0.15, 0.2) is 0 Å². The first-order valence-corrected chi connectivity index (χ1v) is 7.24. The van der Waals surface area contributed by atoms with Crippen LogP contribution >= 0.6 is 0 Å². The van der Waals surface area contributed by atoms with E-state index in [2.05, 4.69) is 15.6 Å². The zero-order valence-electron chi connectivity index (χ0n) is 11.7. The van der Waals surface area contributed by atoms with Gasteiger partial charge in [-0.2, -0.15) is 0 Å². The predicted molar refractivity (Wildman–Crippen MR) is 82.5 cm³/mol. The van der Waals surface area contributed by atoms with Crippen molar-refractivity contribution in [1.29, 1.82) is 0 Å². The number of nitro groups is 1. The number of fused-ring (bicyclic) bond motifs is 1. The van der Waals surface area contributed by atoms with Gasteiger partial charge in [0.05, 0.1) is 10.3 Å². The maximum Gasteiger partial charge on any atom is 0.278 e. The Kier molecular flexibility index (Phi) is 3.96. The Labute approximate surface area is 122 Å². The lowest BCUT2D eigenvalue weighted by Crippen LogP contribution is -2.21. The second kappa shape index (κ2) is 6.05. The topological polar surface area (TPSA) is 80.1 Å². The fourth-order valence-electron chi connectivity index (χ4n) is 2.84. The van der Waals surface area contributed by atoms with E-state index in [0.29, 0.717) is 11.4 Å². The molecule has 110 valence electrons. The molecule has 0 bridgehead atoms. The van der Waals surface area contributed by atoms with Gasteiger partial charge in [0.2, 0.25) is 0 Å². The van der Waals surface area contributed by atoms with Crippen molar-refractivity contribution in [2.45, 2.75) is 25.3 Å². The molecule has 2 N–H and O–H groups in total. The fourth-order valence-corrected chi connectivity index (χ4v) is 2.84. The summed E-state index contributed by atoms with van der Waals surface area (Å²) in [5, 5.41) is 19.5. The Morgan fingerprint density at radius 2 is 2.14 bits per heavy atom. The number of hydrogen-bond acceptors (Lipinski definition) is 5. The van der Waals surface area contributed by atoms with E-state index >= 15 is 0 Å². The molecule has 0 amide bonds. The van der Waals surface area contributed by atoms with E-state index in [1.165, 1.54) is 0 Å². The number of nitrogens with zero attached hydrogens (tertiary/aromatic N) is 2. The SMILES string of the molecule is O=[N+]([O-])c1ccc(NC2CCCNCC2)c2ccncc12. The highest BCUT2D eigenvalue weighted by molar-refractivity contribution is 5.99. The van der Waals surface area contributed by atoms with Gasteiger partial charge >= 0.3 is 0 Å². The lowest BCUT2D eigenvalue weighted by molar-refractivity contribution is -0.383. The maximum absolute atomic E-state index is 11.1. The third-order valence-corrected chi connectivity index (χ3v) is 3.93. The molecule has 2 aromatic rings. The molecule has 1 aliphatic rings. The molecule has 1 saturated heterocycles. The van der Waals surface area contributed by atoms with Crippen LogP contribution in [0.25, 0.3) is 10.8 Å². The number of rotatable bonds is 3. The number of anilines is 1. The highest BCUT2D eigenvalue weighted by Gasteiger charge is 2.17. The molecule has 1 aromatic carbocycles. The average molecular weight is 286 g/mol. The largest absolute Gasteiger partial charge is 0.382 e. The van der Waals surface area contributed by atoms with E-state index in [1.54, 1.807) is 24.5 Å². The standard InChI is InChI=1S/C15H18N4O2/c20-19(21)15-4-3-14(12-6-9-17-10-13(12)15)18-11-2-1-7-16-8-5-11/h3-4,6,9-11,16,18H,1-2,5,7-8H2. The molecule has 2 heterocycles. The van der Waals surface area contributed by atoms with E-state index in [1.807, 2.05) is 6.07 Å². The van der Waals surface area contributed by atoms with Gasteiger partial charge in [-0.15, -0.1) is 0 Å². The smallest absolute Gasteiger partial charge is 0.278 e. The number of non-ortho nitro benzene ring substituents is 1. The summed E-state index contributed by atoms with van der Waals surface area (Å²) in [6, 6.07) is 5.59. The number of aromatic nitrogens is 1. The third kappa shape index (κ3) is 2.95. The van der Waals surface area contributed by atoms with Crippen LogP contribution in [0.1, 0.15) is 19.3 Å². The predicted octanol–water partition coefficient (Wildman–Crippen LogP) is 2.70. The van der Waals surface area contributed by atoms with Gasteiger partial charge in [0, 0.05) is 35.6 Å². The van der Waals surface area contributed by atoms with Gasteiger partial charge in [0.25, 0.3) is 5.69 Å². The molecule has 6 nitrogen and oxygen atoms in total. The van der Waals surface area contributed by atoms with Crippen LogP contribution in [0.15, 0.2) is 30.6 Å². The molecule has 21 heavy (non-hydrogen) atoms. The Hall–Kier alpha value is -2.21. The third-order valence-electron chi connectivity index (χ3n) is 3.93. The van der Waals surface area contributed by atoms with Crippen molar-refractivity contribution in [2.24, 2.45) is 0 Å². The fraction of sp³-hybridized carbons (Fsp3) is 0.400. The number of hydrogen-bond donors (Lipinski definition) is 2. The van der Waals surface area contributed by atoms with Crippen LogP contribution in [-0.4, -0.2) is 29.0 Å². The Morgan fingerprint density at radius 3 is 3.00 bits per heavy atom. The summed E-state index contributed by atoms with van der Waals surface area (Å²) in [4.78, 5) is 14.8. The number of nitrogens with one attached hydrogen (secondary N) is 2. The molecule has 1 atom stereocenters. The summed E-state index contributed by atoms with van der Waals surface area (Å²) in [7, 11) is 0. The van der Waals surface area contributed by atoms with Gasteiger partial charge in [-0.25, -0.2) is 0 Å². The summed E-state index contributed by atoms with van der Waals surface area (Å²) < 4.78 is 0. The first kappa shape index (κ1) is 13.8. The van der Waals surface area contributed by atoms with Gasteiger partial charge in [-0.05, 0) is 44.5 Å². The van der Waals surface area contributed by atoms with Crippen molar-refractivity contribution in [1.82, 2.24) is 10.3 Å². The summed E-state index contributed by atoms with van der Waals surface area (Å²) in [5.74, 6) is 0. The van der Waals surface area contributed by atoms with Crippen molar-refractivity contribution >= 4 is 22.1 Å². The van der Waals surface area contributed by atoms with Crippen molar-refractivity contribution < 1.29 is 4.92 Å². The van der Waals surface area contributed by atoms with Gasteiger partial charge in [0.1, 0.15) is 0 Å². The molecule has 0 saturated carbocycles. The van der Waals surface area contributed by atoms with Crippen molar-refractivity contribution in [2.75, 3.05) is 18.4 Å². The quantitative estimate of drug-likeness (QED) is 0.670. The lowest BCUT2D eigenvalue weighted by atomic mass is 10.1. The van der Waals surface area contributed by atoms with E-state index in [9.17, 15) is 10.1 Å². The molecule has 0 spiro atoms. The molecule has 1 fully saturated rings. The maximum atomic E-state index is 11.1. The molecule has 1 aliphatic heterocycles. The molecular formula is C15H18N4O2. The van der Waals surface area contributed by atoms with Crippen molar-refractivity contribution in [3.63, 3.8) is 0 Å². The second-order valence-corrected chi connectivity index (χ2v) is 5.33. The van der Waals surface area contributed by atoms with E-state index < -0.39 is 0 Å². The Bertz CT molecular complexity index is 651. The van der Waals surface area contributed by atoms with Crippen LogP contribution in [0.4, 0.5) is 11.4 Å². The minimum Gasteiger partial charge on any atom is -0.382 e. The molecule has 3 rings (SSSR count). The van der Waals surface area contributed by atoms with Crippen LogP contribution in [0, 0.1) is 10.1 Å². The summed E-state index contributed by atoms with van der Waals surface area (Å²) in [6.45, 7) is 2.06. The zero-order valence-corrected chi connectivity index (χ0v) is 11.7. The van der Waals surface area contributed by atoms with Gasteiger partial charge in [-0.3, -0.25) is 15.1 Å². The van der Waals surface area contributed by atoms with Crippen LogP contribution in [0.3, 0.4) is 0 Å². The summed E-state index contributed by atoms with van der Waals surface area (Å²) in [6.07, 6.45) is 6.55.